The van der Waals surface area contributed by atoms with E-state index in [0.29, 0.717) is 64.6 Å². The highest BCUT2D eigenvalue weighted by Crippen LogP contribution is 2.37. The van der Waals surface area contributed by atoms with Gasteiger partial charge in [-0.3, -0.25) is 9.69 Å². The van der Waals surface area contributed by atoms with E-state index in [1.807, 2.05) is 35.2 Å². The van der Waals surface area contributed by atoms with Crippen LogP contribution in [-0.4, -0.2) is 90.7 Å². The van der Waals surface area contributed by atoms with Crippen molar-refractivity contribution in [2.45, 2.75) is 49.8 Å². The predicted molar refractivity (Wildman–Crippen MR) is 203 cm³/mol. The molecule has 0 spiro atoms. The van der Waals surface area contributed by atoms with E-state index in [1.54, 1.807) is 0 Å². The van der Waals surface area contributed by atoms with Crippen LogP contribution in [0.1, 0.15) is 36.1 Å². The third kappa shape index (κ3) is 7.73. The fourth-order valence-corrected chi connectivity index (χ4v) is 7.97. The van der Waals surface area contributed by atoms with E-state index in [4.69, 9.17) is 31.0 Å². The molecule has 11 heteroatoms. The van der Waals surface area contributed by atoms with E-state index in [2.05, 4.69) is 64.2 Å². The van der Waals surface area contributed by atoms with E-state index in [9.17, 15) is 4.79 Å². The highest BCUT2D eigenvalue weighted by molar-refractivity contribution is 7.80. The first-order valence-electron chi connectivity index (χ1n) is 17.7. The predicted octanol–water partition coefficient (Wildman–Crippen LogP) is 6.42. The average Bonchev–Trinajstić information content (AvgIpc) is 3.60. The van der Waals surface area contributed by atoms with Crippen molar-refractivity contribution in [1.29, 1.82) is 0 Å². The molecule has 1 unspecified atom stereocenters. The van der Waals surface area contributed by atoms with Gasteiger partial charge in [0.15, 0.2) is 0 Å². The molecule has 2 saturated heterocycles. The summed E-state index contributed by atoms with van der Waals surface area (Å²) in [6.07, 6.45) is 5.38. The number of thiol groups is 1. The summed E-state index contributed by atoms with van der Waals surface area (Å²) in [5, 5.41) is 2.93. The van der Waals surface area contributed by atoms with Crippen LogP contribution in [0.2, 0.25) is 5.02 Å². The molecule has 4 heterocycles. The number of anilines is 2. The lowest BCUT2D eigenvalue weighted by molar-refractivity contribution is -0.126. The number of carbonyl (C=O) groups is 1. The zero-order chi connectivity index (χ0) is 34.5. The number of carbonyl (C=O) groups excluding carboxylic acids is 1. The summed E-state index contributed by atoms with van der Waals surface area (Å²) in [4.78, 5) is 32.4. The number of hydrogen-bond acceptors (Lipinski definition) is 9. The number of piperazine rings is 1. The van der Waals surface area contributed by atoms with Gasteiger partial charge in [-0.1, -0.05) is 60.6 Å². The molecule has 0 saturated carbocycles. The highest BCUT2D eigenvalue weighted by atomic mass is 35.5. The Balaban J connectivity index is 1.05. The van der Waals surface area contributed by atoms with Crippen LogP contribution < -0.4 is 14.5 Å². The van der Waals surface area contributed by atoms with Crippen molar-refractivity contribution in [3.05, 3.63) is 95.2 Å². The summed E-state index contributed by atoms with van der Waals surface area (Å²) in [7, 11) is 0. The fraction of sp³-hybridized carbons (Fsp3) is 0.410. The largest absolute Gasteiger partial charge is 0.462 e. The van der Waals surface area contributed by atoms with Crippen molar-refractivity contribution in [3.8, 4) is 6.01 Å². The Morgan fingerprint density at radius 3 is 2.62 bits per heavy atom. The summed E-state index contributed by atoms with van der Waals surface area (Å²) >= 11 is 11.3. The van der Waals surface area contributed by atoms with E-state index in [-0.39, 0.29) is 5.91 Å². The number of likely N-dealkylation sites (tertiary alicyclic amines) is 1. The van der Waals surface area contributed by atoms with Crippen LogP contribution in [0.4, 0.5) is 11.5 Å². The quantitative estimate of drug-likeness (QED) is 0.103. The van der Waals surface area contributed by atoms with Crippen LogP contribution in [0, 0.1) is 0 Å². The fourth-order valence-electron chi connectivity index (χ4n) is 7.46. The highest BCUT2D eigenvalue weighted by Gasteiger charge is 2.30. The molecule has 0 aliphatic carbocycles. The molecule has 0 bridgehead atoms. The van der Waals surface area contributed by atoms with Crippen LogP contribution >= 0.6 is 24.2 Å². The van der Waals surface area contributed by atoms with Gasteiger partial charge in [-0.25, -0.2) is 0 Å². The van der Waals surface area contributed by atoms with Crippen molar-refractivity contribution >= 4 is 52.4 Å². The topological polar surface area (TPSA) is 74.3 Å². The van der Waals surface area contributed by atoms with Crippen molar-refractivity contribution in [3.63, 3.8) is 0 Å². The van der Waals surface area contributed by atoms with Gasteiger partial charge in [0.05, 0.1) is 23.9 Å². The molecule has 262 valence electrons. The first kappa shape index (κ1) is 34.6. The molecule has 3 aromatic carbocycles. The van der Waals surface area contributed by atoms with Crippen molar-refractivity contribution in [1.82, 2.24) is 19.8 Å². The maximum atomic E-state index is 12.3. The summed E-state index contributed by atoms with van der Waals surface area (Å²) in [6, 6.07) is 21.2. The van der Waals surface area contributed by atoms with Gasteiger partial charge < -0.3 is 24.2 Å². The standard InChI is InChI=1S/C39H45ClN6O3S/c1-2-36(47)44-20-22-45(23-21-44)38-31-16-19-46(34-14-6-11-28-10-5-13-32(40)37(28)34)25-33(31)41-39(42-38)49-27-30-12-7-17-43(30)18-8-24-48-26-29-9-3-4-15-35(29)50/h2-6,9-11,13-15,30,50H,1,7-8,12,16-27H2. The van der Waals surface area contributed by atoms with Gasteiger partial charge in [0.1, 0.15) is 12.4 Å². The van der Waals surface area contributed by atoms with Crippen LogP contribution in [0.25, 0.3) is 10.8 Å². The van der Waals surface area contributed by atoms with Gasteiger partial charge in [0.25, 0.3) is 0 Å². The lowest BCUT2D eigenvalue weighted by atomic mass is 10.0. The Hall–Kier alpha value is -3.83. The molecule has 1 amide bonds. The molecule has 1 atom stereocenters. The SMILES string of the molecule is C=CC(=O)N1CCN(c2nc(OCC3CCCN3CCCOCc3ccccc3S)nc3c2CCN(c2cccc4cccc(Cl)c24)C3)CC1. The zero-order valence-electron chi connectivity index (χ0n) is 28.5. The molecular weight excluding hydrogens is 668 g/mol. The van der Waals surface area contributed by atoms with Gasteiger partial charge in [0.2, 0.25) is 5.91 Å². The number of rotatable bonds is 12. The summed E-state index contributed by atoms with van der Waals surface area (Å²) in [6.45, 7) is 11.6. The molecule has 2 fully saturated rings. The molecule has 3 aliphatic heterocycles. The number of fused-ring (bicyclic) bond motifs is 2. The molecule has 9 nitrogen and oxygen atoms in total. The van der Waals surface area contributed by atoms with Crippen LogP contribution in [0.3, 0.4) is 0 Å². The first-order valence-corrected chi connectivity index (χ1v) is 18.5. The lowest BCUT2D eigenvalue weighted by Crippen LogP contribution is -2.49. The number of benzene rings is 3. The number of nitrogens with zero attached hydrogens (tertiary/aromatic N) is 6. The van der Waals surface area contributed by atoms with Crippen LogP contribution in [0.15, 0.2) is 78.2 Å². The number of hydrogen-bond donors (Lipinski definition) is 1. The second kappa shape index (κ2) is 16.0. The molecule has 7 rings (SSSR count). The minimum atomic E-state index is -0.0292. The van der Waals surface area contributed by atoms with Crippen molar-refractivity contribution < 1.29 is 14.3 Å². The maximum absolute atomic E-state index is 12.3. The third-order valence-electron chi connectivity index (χ3n) is 10.1. The molecule has 0 radical (unpaired) electrons. The van der Waals surface area contributed by atoms with Crippen LogP contribution in [0.5, 0.6) is 6.01 Å². The Bertz CT molecular complexity index is 1830. The Labute approximate surface area is 305 Å². The van der Waals surface area contributed by atoms with Gasteiger partial charge in [-0.2, -0.15) is 9.97 Å². The third-order valence-corrected chi connectivity index (χ3v) is 10.9. The summed E-state index contributed by atoms with van der Waals surface area (Å²) in [5.74, 6) is 0.896. The van der Waals surface area contributed by atoms with Gasteiger partial charge in [0, 0.05) is 73.4 Å². The second-order valence-electron chi connectivity index (χ2n) is 13.2. The molecular formula is C39H45ClN6O3S. The molecule has 3 aliphatic rings. The summed E-state index contributed by atoms with van der Waals surface area (Å²) in [5.41, 5.74) is 4.36. The van der Waals surface area contributed by atoms with Crippen LogP contribution in [-0.2, 0) is 29.1 Å². The van der Waals surface area contributed by atoms with Gasteiger partial charge in [-0.15, -0.1) is 12.6 Å². The Morgan fingerprint density at radius 2 is 1.80 bits per heavy atom. The average molecular weight is 713 g/mol. The molecule has 50 heavy (non-hydrogen) atoms. The normalized spacial score (nSPS) is 18.0. The van der Waals surface area contributed by atoms with Gasteiger partial charge in [-0.05, 0) is 67.5 Å². The lowest BCUT2D eigenvalue weighted by Gasteiger charge is -2.38. The molecule has 0 N–H and O–H groups in total. The van der Waals surface area contributed by atoms with Crippen molar-refractivity contribution in [2.75, 3.05) is 68.8 Å². The Morgan fingerprint density at radius 1 is 0.980 bits per heavy atom. The van der Waals surface area contributed by atoms with E-state index in [0.717, 1.165) is 94.3 Å². The number of ether oxygens (including phenoxy) is 2. The minimum Gasteiger partial charge on any atom is -0.462 e. The van der Waals surface area contributed by atoms with E-state index in [1.165, 1.54) is 6.08 Å². The number of amides is 1. The Kier molecular flexibility index (Phi) is 11.1. The second-order valence-corrected chi connectivity index (χ2v) is 14.1. The first-order chi connectivity index (χ1) is 24.5. The summed E-state index contributed by atoms with van der Waals surface area (Å²) < 4.78 is 12.5. The molecule has 4 aromatic rings. The van der Waals surface area contributed by atoms with E-state index < -0.39 is 0 Å². The number of aromatic nitrogens is 2. The zero-order valence-corrected chi connectivity index (χ0v) is 30.1. The minimum absolute atomic E-state index is 0.0292. The number of halogens is 1. The van der Waals surface area contributed by atoms with Gasteiger partial charge >= 0.3 is 6.01 Å². The molecule has 1 aromatic heterocycles. The maximum Gasteiger partial charge on any atom is 0.318 e. The van der Waals surface area contributed by atoms with E-state index >= 15 is 0 Å². The monoisotopic (exact) mass is 712 g/mol. The smallest absolute Gasteiger partial charge is 0.318 e. The van der Waals surface area contributed by atoms with Crippen molar-refractivity contribution in [2.24, 2.45) is 0 Å².